The molecule has 0 bridgehead atoms. The Morgan fingerprint density at radius 1 is 0.943 bits per heavy atom. The summed E-state index contributed by atoms with van der Waals surface area (Å²) in [6.07, 6.45) is 2.29. The molecule has 3 aromatic carbocycles. The van der Waals surface area contributed by atoms with Gasteiger partial charge in [0, 0.05) is 12.1 Å². The number of sulfonamides is 1. The van der Waals surface area contributed by atoms with Crippen molar-refractivity contribution in [2.45, 2.75) is 24.8 Å². The van der Waals surface area contributed by atoms with Gasteiger partial charge in [-0.25, -0.2) is 13.2 Å². The van der Waals surface area contributed by atoms with E-state index in [-0.39, 0.29) is 11.7 Å². The second kappa shape index (κ2) is 10.7. The van der Waals surface area contributed by atoms with Crippen LogP contribution in [0.1, 0.15) is 23.5 Å². The third-order valence-corrected chi connectivity index (χ3v) is 7.77. The van der Waals surface area contributed by atoms with E-state index in [4.69, 9.17) is 9.47 Å². The molecular formula is C27H28N2O5S. The van der Waals surface area contributed by atoms with Crippen LogP contribution in [0.5, 0.6) is 5.75 Å². The number of aryl methyl sites for hydroxylation is 1. The molecule has 7 nitrogen and oxygen atoms in total. The van der Waals surface area contributed by atoms with Crippen LogP contribution in [0.3, 0.4) is 0 Å². The second-order valence-electron chi connectivity index (χ2n) is 8.28. The Labute approximate surface area is 206 Å². The number of carbonyl (C=O) groups excluding carboxylic acids is 1. The Kier molecular flexibility index (Phi) is 7.51. The average molecular weight is 493 g/mol. The van der Waals surface area contributed by atoms with Gasteiger partial charge in [0.25, 0.3) is 10.0 Å². The molecule has 1 aliphatic heterocycles. The van der Waals surface area contributed by atoms with Crippen LogP contribution in [-0.4, -0.2) is 51.0 Å². The van der Waals surface area contributed by atoms with E-state index < -0.39 is 22.0 Å². The molecule has 1 heterocycles. The molecular weight excluding hydrogens is 464 g/mol. The van der Waals surface area contributed by atoms with Crippen LogP contribution in [0.15, 0.2) is 84.0 Å². The zero-order valence-electron chi connectivity index (χ0n) is 19.7. The summed E-state index contributed by atoms with van der Waals surface area (Å²) in [6.45, 7) is 0. The van der Waals surface area contributed by atoms with Gasteiger partial charge < -0.3 is 9.47 Å². The summed E-state index contributed by atoms with van der Waals surface area (Å²) in [5.41, 5.74) is 3.81. The van der Waals surface area contributed by atoms with Crippen molar-refractivity contribution in [3.8, 4) is 16.9 Å². The van der Waals surface area contributed by atoms with Crippen LogP contribution in [0.25, 0.3) is 11.1 Å². The number of benzene rings is 3. The molecule has 0 fully saturated rings. The zero-order valence-corrected chi connectivity index (χ0v) is 20.5. The topological polar surface area (TPSA) is 85.3 Å². The molecule has 182 valence electrons. The Bertz CT molecular complexity index is 1270. The molecule has 0 aromatic heterocycles. The van der Waals surface area contributed by atoms with Gasteiger partial charge in [-0.15, -0.1) is 0 Å². The fraction of sp³-hybridized carbons (Fsp3) is 0.259. The van der Waals surface area contributed by atoms with E-state index in [2.05, 4.69) is 5.10 Å². The molecule has 1 aliphatic rings. The van der Waals surface area contributed by atoms with Crippen LogP contribution in [0.2, 0.25) is 0 Å². The smallest absolute Gasteiger partial charge is 0.332 e. The van der Waals surface area contributed by atoms with Crippen molar-refractivity contribution in [1.82, 2.24) is 4.41 Å². The summed E-state index contributed by atoms with van der Waals surface area (Å²) in [5, 5.41) is 4.12. The minimum atomic E-state index is -3.88. The minimum Gasteiger partial charge on any atom is -0.497 e. The first-order valence-electron chi connectivity index (χ1n) is 11.3. The average Bonchev–Trinajstić information content (AvgIpc) is 2.92. The monoisotopic (exact) mass is 492 g/mol. The van der Waals surface area contributed by atoms with Gasteiger partial charge >= 0.3 is 5.97 Å². The Hall–Kier alpha value is -3.65. The summed E-state index contributed by atoms with van der Waals surface area (Å²) in [6, 6.07) is 23.8. The number of hydrazone groups is 1. The van der Waals surface area contributed by atoms with Crippen molar-refractivity contribution in [3.63, 3.8) is 0 Å². The summed E-state index contributed by atoms with van der Waals surface area (Å²) in [4.78, 5) is 12.7. The number of hydrogen-bond acceptors (Lipinski definition) is 6. The van der Waals surface area contributed by atoms with E-state index in [1.807, 2.05) is 78.9 Å². The van der Waals surface area contributed by atoms with E-state index >= 15 is 0 Å². The van der Waals surface area contributed by atoms with Crippen LogP contribution in [-0.2, 0) is 26.0 Å². The second-order valence-corrected chi connectivity index (χ2v) is 10.2. The molecule has 0 aliphatic carbocycles. The fourth-order valence-electron chi connectivity index (χ4n) is 4.22. The normalized spacial score (nSPS) is 17.7. The van der Waals surface area contributed by atoms with E-state index in [0.717, 1.165) is 32.4 Å². The molecule has 0 spiro atoms. The number of carbonyl (C=O) groups is 1. The standard InChI is InChI=1S/C27H28N2O5S/c1-33-24-14-12-22(13-15-24)21-10-8-20(9-11-21)17-19-35(31,32)29-26(27(30)34-2)25(16-18-28-29)23-6-4-3-5-7-23/h3-15,18,25-26H,16-17,19H2,1-2H3. The van der Waals surface area contributed by atoms with Gasteiger partial charge in [0.05, 0.1) is 20.0 Å². The molecule has 0 saturated carbocycles. The first-order chi connectivity index (χ1) is 16.9. The van der Waals surface area contributed by atoms with Gasteiger partial charge in [-0.1, -0.05) is 66.7 Å². The number of ether oxygens (including phenoxy) is 2. The molecule has 2 unspecified atom stereocenters. The van der Waals surface area contributed by atoms with E-state index in [1.54, 1.807) is 13.3 Å². The van der Waals surface area contributed by atoms with Gasteiger partial charge in [0.15, 0.2) is 6.04 Å². The number of methoxy groups -OCH3 is 2. The first-order valence-corrected chi connectivity index (χ1v) is 12.9. The third-order valence-electron chi connectivity index (χ3n) is 6.16. The molecule has 0 saturated heterocycles. The van der Waals surface area contributed by atoms with E-state index in [9.17, 15) is 13.2 Å². The molecule has 0 radical (unpaired) electrons. The Balaban J connectivity index is 1.50. The highest BCUT2D eigenvalue weighted by Crippen LogP contribution is 2.32. The predicted octanol–water partition coefficient (Wildman–Crippen LogP) is 4.25. The van der Waals surface area contributed by atoms with Crippen molar-refractivity contribution >= 4 is 22.2 Å². The van der Waals surface area contributed by atoms with Gasteiger partial charge in [-0.2, -0.15) is 9.52 Å². The molecule has 0 N–H and O–H groups in total. The molecule has 8 heteroatoms. The first kappa shape index (κ1) is 24.5. The number of esters is 1. The van der Waals surface area contributed by atoms with Crippen molar-refractivity contribution < 1.29 is 22.7 Å². The number of nitrogens with zero attached hydrogens (tertiary/aromatic N) is 2. The predicted molar refractivity (Wildman–Crippen MR) is 136 cm³/mol. The lowest BCUT2D eigenvalue weighted by Gasteiger charge is -2.35. The minimum absolute atomic E-state index is 0.179. The van der Waals surface area contributed by atoms with Crippen LogP contribution >= 0.6 is 0 Å². The van der Waals surface area contributed by atoms with Gasteiger partial charge in [0.2, 0.25) is 0 Å². The molecule has 2 atom stereocenters. The Morgan fingerprint density at radius 3 is 2.17 bits per heavy atom. The van der Waals surface area contributed by atoms with Gasteiger partial charge in [-0.05, 0) is 47.2 Å². The summed E-state index contributed by atoms with van der Waals surface area (Å²) in [7, 11) is -0.987. The molecule has 4 rings (SSSR count). The SMILES string of the molecule is COC(=O)C1C(c2ccccc2)CC=NN1S(=O)(=O)CCc1ccc(-c2ccc(OC)cc2)cc1. The summed E-state index contributed by atoms with van der Waals surface area (Å²) < 4.78 is 37.7. The number of hydrogen-bond donors (Lipinski definition) is 0. The van der Waals surface area contributed by atoms with Crippen LogP contribution < -0.4 is 4.74 Å². The summed E-state index contributed by atoms with van der Waals surface area (Å²) in [5.74, 6) is -0.389. The van der Waals surface area contributed by atoms with Crippen LogP contribution in [0.4, 0.5) is 0 Å². The van der Waals surface area contributed by atoms with Crippen molar-refractivity contribution in [2.24, 2.45) is 5.10 Å². The lowest BCUT2D eigenvalue weighted by atomic mass is 9.88. The largest absolute Gasteiger partial charge is 0.497 e. The fourth-order valence-corrected chi connectivity index (χ4v) is 5.69. The lowest BCUT2D eigenvalue weighted by molar-refractivity contribution is -0.146. The maximum atomic E-state index is 13.3. The highest BCUT2D eigenvalue weighted by molar-refractivity contribution is 7.89. The third kappa shape index (κ3) is 5.54. The Morgan fingerprint density at radius 2 is 1.57 bits per heavy atom. The highest BCUT2D eigenvalue weighted by atomic mass is 32.2. The van der Waals surface area contributed by atoms with E-state index in [0.29, 0.717) is 12.8 Å². The van der Waals surface area contributed by atoms with Crippen molar-refractivity contribution in [1.29, 1.82) is 0 Å². The van der Waals surface area contributed by atoms with Gasteiger partial charge in [-0.3, -0.25) is 0 Å². The van der Waals surface area contributed by atoms with Gasteiger partial charge in [0.1, 0.15) is 5.75 Å². The van der Waals surface area contributed by atoms with Crippen molar-refractivity contribution in [3.05, 3.63) is 90.0 Å². The highest BCUT2D eigenvalue weighted by Gasteiger charge is 2.42. The summed E-state index contributed by atoms with van der Waals surface area (Å²) >= 11 is 0. The molecule has 35 heavy (non-hydrogen) atoms. The molecule has 0 amide bonds. The zero-order chi connectivity index (χ0) is 24.8. The number of rotatable bonds is 8. The maximum Gasteiger partial charge on any atom is 0.332 e. The van der Waals surface area contributed by atoms with Crippen molar-refractivity contribution in [2.75, 3.05) is 20.0 Å². The maximum absolute atomic E-state index is 13.3. The van der Waals surface area contributed by atoms with E-state index in [1.165, 1.54) is 7.11 Å². The van der Waals surface area contributed by atoms with Crippen LogP contribution in [0, 0.1) is 0 Å². The molecule has 3 aromatic rings. The quantitative estimate of drug-likeness (QED) is 0.439. The lowest BCUT2D eigenvalue weighted by Crippen LogP contribution is -2.49.